The summed E-state index contributed by atoms with van der Waals surface area (Å²) in [4.78, 5) is 42.0. The van der Waals surface area contributed by atoms with Crippen molar-refractivity contribution in [3.05, 3.63) is 98.5 Å². The maximum atomic E-state index is 14.1. The minimum Gasteiger partial charge on any atom is -0.482 e. The van der Waals surface area contributed by atoms with Crippen LogP contribution < -0.4 is 15.5 Å². The molecule has 0 fully saturated rings. The van der Waals surface area contributed by atoms with Gasteiger partial charge in [0, 0.05) is 44.5 Å². The van der Waals surface area contributed by atoms with Gasteiger partial charge in [-0.05, 0) is 11.6 Å². The number of carbonyl (C=O) groups is 2. The molecule has 0 atom stereocenters. The molecular weight excluding hydrogens is 490 g/mol. The fourth-order valence-corrected chi connectivity index (χ4v) is 3.50. The van der Waals surface area contributed by atoms with E-state index in [2.05, 4.69) is 10.3 Å². The molecule has 9 nitrogen and oxygen atoms in total. The normalized spacial score (nSPS) is 10.9. The lowest BCUT2D eigenvalue weighted by atomic mass is 10.1. The van der Waals surface area contributed by atoms with Crippen LogP contribution in [0, 0.1) is 11.6 Å². The number of carbonyl (C=O) groups excluding carboxylic acids is 2. The predicted octanol–water partition coefficient (Wildman–Crippen LogP) is 3.11. The van der Waals surface area contributed by atoms with Gasteiger partial charge >= 0.3 is 5.97 Å². The fraction of sp³-hybridized carbons (Fsp3) is 0.269. The Bertz CT molecular complexity index is 1310. The largest absolute Gasteiger partial charge is 0.482 e. The molecule has 0 spiro atoms. The number of nitrogens with one attached hydrogen (secondary N) is 2. The first-order valence-electron chi connectivity index (χ1n) is 11.1. The van der Waals surface area contributed by atoms with Gasteiger partial charge in [-0.25, -0.2) is 13.6 Å². The number of methoxy groups -OCH3 is 3. The van der Waals surface area contributed by atoms with E-state index in [1.807, 2.05) is 0 Å². The molecule has 1 aromatic heterocycles. The Balaban J connectivity index is 2.05. The summed E-state index contributed by atoms with van der Waals surface area (Å²) in [6, 6.07) is 11.8. The van der Waals surface area contributed by atoms with Crippen molar-refractivity contribution in [1.82, 2.24) is 10.3 Å². The molecule has 3 aromatic rings. The van der Waals surface area contributed by atoms with E-state index in [0.29, 0.717) is 11.6 Å². The molecule has 0 saturated heterocycles. The highest BCUT2D eigenvalue weighted by molar-refractivity contribution is 5.98. The zero-order valence-electron chi connectivity index (χ0n) is 20.4. The number of aromatic amines is 1. The molecule has 0 unspecified atom stereocenters. The number of aromatic nitrogens is 1. The number of halogens is 2. The number of hydrogen-bond donors (Lipinski definition) is 2. The first kappa shape index (κ1) is 27.5. The summed E-state index contributed by atoms with van der Waals surface area (Å²) in [6.07, 6.45) is -1.00. The van der Waals surface area contributed by atoms with Gasteiger partial charge in [-0.1, -0.05) is 36.4 Å². The van der Waals surface area contributed by atoms with Gasteiger partial charge in [0.1, 0.15) is 23.8 Å². The number of amides is 1. The number of benzene rings is 2. The average molecular weight is 516 g/mol. The highest BCUT2D eigenvalue weighted by Gasteiger charge is 2.28. The highest BCUT2D eigenvalue weighted by Crippen LogP contribution is 2.20. The molecule has 0 aliphatic carbocycles. The van der Waals surface area contributed by atoms with Crippen molar-refractivity contribution in [2.75, 3.05) is 21.3 Å². The van der Waals surface area contributed by atoms with E-state index >= 15 is 0 Å². The Morgan fingerprint density at radius 1 is 1.03 bits per heavy atom. The van der Waals surface area contributed by atoms with Crippen LogP contribution in [0.4, 0.5) is 8.78 Å². The molecule has 37 heavy (non-hydrogen) atoms. The highest BCUT2D eigenvalue weighted by atomic mass is 19.1. The van der Waals surface area contributed by atoms with Crippen molar-refractivity contribution in [3.8, 4) is 5.75 Å². The molecule has 2 N–H and O–H groups in total. The lowest BCUT2D eigenvalue weighted by Gasteiger charge is -2.19. The minimum atomic E-state index is -0.895. The number of esters is 1. The summed E-state index contributed by atoms with van der Waals surface area (Å²) >= 11 is 0. The van der Waals surface area contributed by atoms with Crippen LogP contribution in [-0.4, -0.2) is 44.5 Å². The number of ether oxygens (including phenoxy) is 4. The Morgan fingerprint density at radius 2 is 1.73 bits per heavy atom. The quantitative estimate of drug-likeness (QED) is 0.297. The van der Waals surface area contributed by atoms with Crippen molar-refractivity contribution in [1.29, 1.82) is 0 Å². The topological polar surface area (TPSA) is 116 Å². The van der Waals surface area contributed by atoms with Crippen molar-refractivity contribution in [3.63, 3.8) is 0 Å². The van der Waals surface area contributed by atoms with Crippen LogP contribution in [0.3, 0.4) is 0 Å². The van der Waals surface area contributed by atoms with Crippen LogP contribution in [0.15, 0.2) is 53.3 Å². The minimum absolute atomic E-state index is 0.00300. The molecule has 3 rings (SSSR count). The van der Waals surface area contributed by atoms with Gasteiger partial charge in [-0.15, -0.1) is 0 Å². The van der Waals surface area contributed by atoms with E-state index in [4.69, 9.17) is 18.9 Å². The fourth-order valence-electron chi connectivity index (χ4n) is 3.50. The van der Waals surface area contributed by atoms with E-state index in [-0.39, 0.29) is 36.5 Å². The molecular formula is C26H26F2N2O7. The summed E-state index contributed by atoms with van der Waals surface area (Å²) in [7, 11) is 3.86. The van der Waals surface area contributed by atoms with E-state index < -0.39 is 46.5 Å². The summed E-state index contributed by atoms with van der Waals surface area (Å²) in [5.74, 6) is -3.83. The zero-order chi connectivity index (χ0) is 26.9. The van der Waals surface area contributed by atoms with Crippen LogP contribution in [0.5, 0.6) is 5.75 Å². The molecule has 0 saturated carbocycles. The Kier molecular flexibility index (Phi) is 9.47. The number of pyridine rings is 1. The van der Waals surface area contributed by atoms with Crippen molar-refractivity contribution in [2.24, 2.45) is 0 Å². The van der Waals surface area contributed by atoms with E-state index in [1.54, 1.807) is 30.3 Å². The van der Waals surface area contributed by atoms with Crippen molar-refractivity contribution >= 4 is 11.9 Å². The third-order valence-corrected chi connectivity index (χ3v) is 5.43. The van der Waals surface area contributed by atoms with E-state index in [0.717, 1.165) is 13.2 Å². The van der Waals surface area contributed by atoms with Gasteiger partial charge in [0.25, 0.3) is 5.91 Å². The van der Waals surface area contributed by atoms with Crippen LogP contribution in [0.1, 0.15) is 37.7 Å². The molecule has 0 bridgehead atoms. The monoisotopic (exact) mass is 516 g/mol. The number of hydrogen-bond acceptors (Lipinski definition) is 7. The second-order valence-electron chi connectivity index (χ2n) is 7.80. The lowest BCUT2D eigenvalue weighted by Crippen LogP contribution is -2.34. The van der Waals surface area contributed by atoms with Gasteiger partial charge in [-0.2, -0.15) is 0 Å². The first-order chi connectivity index (χ1) is 17.8. The summed E-state index contributed by atoms with van der Waals surface area (Å²) in [6.45, 7) is -0.408. The second-order valence-corrected chi connectivity index (χ2v) is 7.80. The average Bonchev–Trinajstić information content (AvgIpc) is 2.90. The number of H-pyrrole nitrogens is 1. The number of rotatable bonds is 11. The van der Waals surface area contributed by atoms with Crippen LogP contribution in [0.2, 0.25) is 0 Å². The Hall–Kier alpha value is -4.09. The van der Waals surface area contributed by atoms with Crippen LogP contribution in [0.25, 0.3) is 0 Å². The lowest BCUT2D eigenvalue weighted by molar-refractivity contribution is -0.101. The van der Waals surface area contributed by atoms with Crippen LogP contribution in [-0.2, 0) is 33.8 Å². The third-order valence-electron chi connectivity index (χ3n) is 5.43. The summed E-state index contributed by atoms with van der Waals surface area (Å²) in [5, 5.41) is 2.45. The molecule has 11 heteroatoms. The molecule has 1 heterocycles. The smallest absolute Gasteiger partial charge is 0.358 e. The van der Waals surface area contributed by atoms with Gasteiger partial charge in [-0.3, -0.25) is 9.59 Å². The van der Waals surface area contributed by atoms with Crippen molar-refractivity contribution in [2.45, 2.75) is 25.9 Å². The SMILES string of the molecule is COC(=O)c1[nH]c(CC(OC)OC)c(C(=O)NCc2ccc(F)cc2F)c(=O)c1OCc1ccccc1. The molecule has 0 aliphatic heterocycles. The predicted molar refractivity (Wildman–Crippen MR) is 128 cm³/mol. The summed E-state index contributed by atoms with van der Waals surface area (Å²) in [5.41, 5.74) is -0.872. The standard InChI is InChI=1S/C26H26F2N2O7/c1-34-20(35-2)12-19-21(25(32)29-13-16-9-10-17(27)11-18(16)28)23(31)24(22(30-19)26(33)36-3)37-14-15-7-5-4-6-8-15/h4-11,20H,12-14H2,1-3H3,(H,29,32)(H,30,31). The molecule has 0 aliphatic rings. The summed E-state index contributed by atoms with van der Waals surface area (Å²) < 4.78 is 48.2. The Labute approximate surface area is 211 Å². The van der Waals surface area contributed by atoms with E-state index in [1.165, 1.54) is 20.3 Å². The van der Waals surface area contributed by atoms with Crippen LogP contribution >= 0.6 is 0 Å². The Morgan fingerprint density at radius 3 is 2.35 bits per heavy atom. The maximum absolute atomic E-state index is 14.1. The maximum Gasteiger partial charge on any atom is 0.358 e. The third kappa shape index (κ3) is 6.78. The zero-order valence-corrected chi connectivity index (χ0v) is 20.4. The molecule has 196 valence electrons. The van der Waals surface area contributed by atoms with Gasteiger partial charge < -0.3 is 29.2 Å². The van der Waals surface area contributed by atoms with Gasteiger partial charge in [0.05, 0.1) is 7.11 Å². The van der Waals surface area contributed by atoms with Gasteiger partial charge in [0.2, 0.25) is 5.43 Å². The van der Waals surface area contributed by atoms with Crippen molar-refractivity contribution < 1.29 is 37.3 Å². The second kappa shape index (κ2) is 12.7. The first-order valence-corrected chi connectivity index (χ1v) is 11.1. The van der Waals surface area contributed by atoms with E-state index in [9.17, 15) is 23.2 Å². The van der Waals surface area contributed by atoms with Gasteiger partial charge in [0.15, 0.2) is 17.7 Å². The molecule has 0 radical (unpaired) electrons. The molecule has 2 aromatic carbocycles. The molecule has 1 amide bonds.